The number of aryl methyl sites for hydroxylation is 1. The summed E-state index contributed by atoms with van der Waals surface area (Å²) in [6, 6.07) is -0.119. The summed E-state index contributed by atoms with van der Waals surface area (Å²) in [5.41, 5.74) is 0.567. The van der Waals surface area contributed by atoms with Gasteiger partial charge in [0.25, 0.3) is 5.91 Å². The third-order valence-electron chi connectivity index (χ3n) is 5.00. The molecule has 27 heavy (non-hydrogen) atoms. The smallest absolute Gasteiger partial charge is 0.323 e. The lowest BCUT2D eigenvalue weighted by atomic mass is 9.97. The summed E-state index contributed by atoms with van der Waals surface area (Å²) in [6.45, 7) is 1.96. The van der Waals surface area contributed by atoms with Crippen LogP contribution in [0, 0.1) is 5.92 Å². The van der Waals surface area contributed by atoms with E-state index in [1.54, 1.807) is 29.0 Å². The van der Waals surface area contributed by atoms with Crippen LogP contribution in [0.1, 0.15) is 47.0 Å². The molecule has 1 aliphatic carbocycles. The Morgan fingerprint density at radius 2 is 2.00 bits per heavy atom. The Labute approximate surface area is 161 Å². The van der Waals surface area contributed by atoms with Gasteiger partial charge in [-0.15, -0.1) is 10.2 Å². The Balaban J connectivity index is 1.20. The van der Waals surface area contributed by atoms with E-state index < -0.39 is 0 Å². The van der Waals surface area contributed by atoms with Crippen LogP contribution in [-0.2, 0) is 7.05 Å². The Morgan fingerprint density at radius 3 is 2.67 bits per heavy atom. The molecule has 2 aromatic rings. The number of carbonyl (C=O) groups excluding carboxylic acids is 2. The molecule has 3 amide bonds. The Kier molecular flexibility index (Phi) is 5.06. The molecule has 2 aromatic heterocycles. The Morgan fingerprint density at radius 1 is 1.22 bits per heavy atom. The van der Waals surface area contributed by atoms with Crippen LogP contribution in [0.15, 0.2) is 12.4 Å². The van der Waals surface area contributed by atoms with E-state index in [1.165, 1.54) is 24.2 Å². The molecule has 144 valence electrons. The maximum Gasteiger partial charge on any atom is 0.323 e. The maximum absolute atomic E-state index is 12.4. The summed E-state index contributed by atoms with van der Waals surface area (Å²) in [6.07, 6.45) is 7.34. The lowest BCUT2D eigenvalue weighted by molar-refractivity contribution is 0.0938. The zero-order valence-electron chi connectivity index (χ0n) is 15.2. The second-order valence-corrected chi connectivity index (χ2v) is 8.20. The molecule has 0 radical (unpaired) electrons. The van der Waals surface area contributed by atoms with Crippen LogP contribution in [0.4, 0.5) is 9.93 Å². The van der Waals surface area contributed by atoms with E-state index in [-0.39, 0.29) is 11.9 Å². The summed E-state index contributed by atoms with van der Waals surface area (Å²) < 4.78 is 1.61. The van der Waals surface area contributed by atoms with Gasteiger partial charge < -0.3 is 10.2 Å². The molecule has 2 fully saturated rings. The number of urea groups is 1. The molecule has 4 rings (SSSR count). The van der Waals surface area contributed by atoms with Crippen molar-refractivity contribution in [2.75, 3.05) is 25.0 Å². The number of nitrogens with one attached hydrogen (secondary N) is 2. The van der Waals surface area contributed by atoms with Crippen molar-refractivity contribution in [2.24, 2.45) is 13.0 Å². The standard InChI is InChI=1S/C17H23N7O2S/c1-23-10-13(9-19-23)14(25)18-8-11-4-6-24(7-5-11)17(26)20-16-22-21-15(27-16)12-2-3-12/h9-12H,2-8H2,1H3,(H,18,25)(H,20,22,26). The zero-order valence-corrected chi connectivity index (χ0v) is 16.0. The van der Waals surface area contributed by atoms with Crippen molar-refractivity contribution in [1.82, 2.24) is 30.2 Å². The fourth-order valence-electron chi connectivity index (χ4n) is 3.17. The average molecular weight is 389 g/mol. The molecule has 1 saturated heterocycles. The topological polar surface area (TPSA) is 105 Å². The summed E-state index contributed by atoms with van der Waals surface area (Å²) in [7, 11) is 1.78. The predicted octanol–water partition coefficient (Wildman–Crippen LogP) is 1.82. The van der Waals surface area contributed by atoms with E-state index in [2.05, 4.69) is 25.9 Å². The Bertz CT molecular complexity index is 821. The predicted molar refractivity (Wildman–Crippen MR) is 101 cm³/mol. The number of piperidine rings is 1. The molecule has 0 aromatic carbocycles. The number of likely N-dealkylation sites (tertiary alicyclic amines) is 1. The minimum atomic E-state index is -0.119. The van der Waals surface area contributed by atoms with Gasteiger partial charge in [-0.1, -0.05) is 11.3 Å². The van der Waals surface area contributed by atoms with Gasteiger partial charge in [0.05, 0.1) is 11.8 Å². The second-order valence-electron chi connectivity index (χ2n) is 7.19. The maximum atomic E-state index is 12.4. The third kappa shape index (κ3) is 4.44. The van der Waals surface area contributed by atoms with Crippen molar-refractivity contribution in [3.63, 3.8) is 0 Å². The van der Waals surface area contributed by atoms with Gasteiger partial charge in [-0.2, -0.15) is 5.10 Å². The van der Waals surface area contributed by atoms with E-state index >= 15 is 0 Å². The van der Waals surface area contributed by atoms with Gasteiger partial charge >= 0.3 is 6.03 Å². The normalized spacial score (nSPS) is 17.7. The van der Waals surface area contributed by atoms with Crippen molar-refractivity contribution in [3.8, 4) is 0 Å². The molecule has 3 heterocycles. The number of hydrogen-bond acceptors (Lipinski definition) is 6. The number of aromatic nitrogens is 4. The van der Waals surface area contributed by atoms with Gasteiger partial charge in [0.1, 0.15) is 5.01 Å². The van der Waals surface area contributed by atoms with Crippen molar-refractivity contribution >= 4 is 28.4 Å². The van der Waals surface area contributed by atoms with Gasteiger partial charge in [-0.3, -0.25) is 14.8 Å². The molecule has 0 unspecified atom stereocenters. The van der Waals surface area contributed by atoms with Crippen molar-refractivity contribution in [2.45, 2.75) is 31.6 Å². The molecule has 2 aliphatic rings. The van der Waals surface area contributed by atoms with Gasteiger partial charge in [0.2, 0.25) is 5.13 Å². The fourth-order valence-corrected chi connectivity index (χ4v) is 4.07. The number of carbonyl (C=O) groups is 2. The largest absolute Gasteiger partial charge is 0.352 e. The van der Waals surface area contributed by atoms with Gasteiger partial charge in [-0.25, -0.2) is 4.79 Å². The lowest BCUT2D eigenvalue weighted by Gasteiger charge is -2.31. The number of amides is 3. The van der Waals surface area contributed by atoms with Crippen LogP contribution < -0.4 is 10.6 Å². The van der Waals surface area contributed by atoms with E-state index in [4.69, 9.17) is 0 Å². The van der Waals surface area contributed by atoms with Gasteiger partial charge in [0, 0.05) is 38.8 Å². The number of hydrogen-bond donors (Lipinski definition) is 2. The van der Waals surface area contributed by atoms with Crippen LogP contribution in [0.25, 0.3) is 0 Å². The van der Waals surface area contributed by atoms with Crippen LogP contribution in [0.5, 0.6) is 0 Å². The monoisotopic (exact) mass is 389 g/mol. The lowest BCUT2D eigenvalue weighted by Crippen LogP contribution is -2.43. The van der Waals surface area contributed by atoms with E-state index in [9.17, 15) is 9.59 Å². The molecule has 0 bridgehead atoms. The van der Waals surface area contributed by atoms with Crippen LogP contribution in [0.2, 0.25) is 0 Å². The zero-order chi connectivity index (χ0) is 18.8. The van der Waals surface area contributed by atoms with Crippen molar-refractivity contribution in [1.29, 1.82) is 0 Å². The van der Waals surface area contributed by atoms with Crippen LogP contribution >= 0.6 is 11.3 Å². The minimum Gasteiger partial charge on any atom is -0.352 e. The van der Waals surface area contributed by atoms with E-state index in [1.807, 2.05) is 0 Å². The fraction of sp³-hybridized carbons (Fsp3) is 0.588. The first-order chi connectivity index (χ1) is 13.1. The highest BCUT2D eigenvalue weighted by molar-refractivity contribution is 7.15. The first kappa shape index (κ1) is 17.9. The van der Waals surface area contributed by atoms with Gasteiger partial charge in [0.15, 0.2) is 0 Å². The second kappa shape index (κ2) is 7.63. The SMILES string of the molecule is Cn1cc(C(=O)NCC2CCN(C(=O)Nc3nnc(C4CC4)s3)CC2)cn1. The summed E-state index contributed by atoms with van der Waals surface area (Å²) >= 11 is 1.47. The molecule has 1 aliphatic heterocycles. The molecule has 9 nitrogen and oxygen atoms in total. The van der Waals surface area contributed by atoms with Crippen molar-refractivity contribution in [3.05, 3.63) is 23.0 Å². The Hall–Kier alpha value is -2.49. The summed E-state index contributed by atoms with van der Waals surface area (Å²) in [5.74, 6) is 0.814. The quantitative estimate of drug-likeness (QED) is 0.812. The summed E-state index contributed by atoms with van der Waals surface area (Å²) in [4.78, 5) is 26.3. The third-order valence-corrected chi connectivity index (χ3v) is 6.00. The first-order valence-electron chi connectivity index (χ1n) is 9.24. The number of nitrogens with zero attached hydrogens (tertiary/aromatic N) is 5. The van der Waals surface area contributed by atoms with Crippen molar-refractivity contribution < 1.29 is 9.59 Å². The summed E-state index contributed by atoms with van der Waals surface area (Å²) in [5, 5.41) is 19.6. The van der Waals surface area contributed by atoms with Crippen LogP contribution in [-0.4, -0.2) is 56.5 Å². The molecule has 10 heteroatoms. The molecule has 2 N–H and O–H groups in total. The highest BCUT2D eigenvalue weighted by Crippen LogP contribution is 2.42. The molecule has 0 spiro atoms. The van der Waals surface area contributed by atoms with Gasteiger partial charge in [-0.05, 0) is 31.6 Å². The molecule has 0 atom stereocenters. The van der Waals surface area contributed by atoms with E-state index in [0.717, 1.165) is 17.8 Å². The highest BCUT2D eigenvalue weighted by Gasteiger charge is 2.28. The average Bonchev–Trinajstić information content (AvgIpc) is 3.27. The number of anilines is 1. The first-order valence-corrected chi connectivity index (χ1v) is 10.1. The molecular weight excluding hydrogens is 366 g/mol. The minimum absolute atomic E-state index is 0.106. The van der Waals surface area contributed by atoms with Crippen LogP contribution in [0.3, 0.4) is 0 Å². The highest BCUT2D eigenvalue weighted by atomic mass is 32.1. The van der Waals surface area contributed by atoms with E-state index in [0.29, 0.717) is 42.2 Å². The molecule has 1 saturated carbocycles. The number of rotatable bonds is 5. The molecular formula is C17H23N7O2S.